The van der Waals surface area contributed by atoms with Crippen LogP contribution in [0.3, 0.4) is 0 Å². The Hall–Kier alpha value is -0.560. The predicted octanol–water partition coefficient (Wildman–Crippen LogP) is 4.74. The summed E-state index contributed by atoms with van der Waals surface area (Å²) in [5.41, 5.74) is 3.36. The van der Waals surface area contributed by atoms with Crippen LogP contribution in [0.25, 0.3) is 0 Å². The van der Waals surface area contributed by atoms with Crippen LogP contribution in [0.15, 0.2) is 23.8 Å². The van der Waals surface area contributed by atoms with Gasteiger partial charge in [-0.1, -0.05) is 32.1 Å². The average molecular weight is 248 g/mol. The summed E-state index contributed by atoms with van der Waals surface area (Å²) in [6, 6.07) is 0. The summed E-state index contributed by atoms with van der Waals surface area (Å²) < 4.78 is 5.97. The number of hydrogen-bond acceptors (Lipinski definition) is 1. The molecule has 0 bridgehead atoms. The minimum absolute atomic E-state index is 0.327. The van der Waals surface area contributed by atoms with Crippen molar-refractivity contribution < 1.29 is 4.74 Å². The first-order valence-electron chi connectivity index (χ1n) is 7.41. The van der Waals surface area contributed by atoms with Gasteiger partial charge in [-0.15, -0.1) is 0 Å². The highest BCUT2D eigenvalue weighted by Crippen LogP contribution is 2.56. The summed E-state index contributed by atoms with van der Waals surface area (Å²) in [4.78, 5) is 0. The van der Waals surface area contributed by atoms with E-state index in [0.29, 0.717) is 11.5 Å². The first kappa shape index (κ1) is 13.9. The smallest absolute Gasteiger partial charge is 0.0785 e. The van der Waals surface area contributed by atoms with Crippen molar-refractivity contribution in [3.8, 4) is 0 Å². The predicted molar refractivity (Wildman–Crippen MR) is 77.5 cm³/mol. The molecule has 0 amide bonds. The van der Waals surface area contributed by atoms with E-state index >= 15 is 0 Å². The van der Waals surface area contributed by atoms with E-state index in [1.165, 1.54) is 24.0 Å². The summed E-state index contributed by atoms with van der Waals surface area (Å²) in [6.07, 6.45) is 7.48. The second-order valence-corrected chi connectivity index (χ2v) is 6.73. The van der Waals surface area contributed by atoms with Crippen molar-refractivity contribution in [2.24, 2.45) is 17.3 Å². The molecule has 1 heteroatoms. The fourth-order valence-electron chi connectivity index (χ4n) is 3.78. The Balaban J connectivity index is 2.19. The third-order valence-corrected chi connectivity index (χ3v) is 5.04. The van der Waals surface area contributed by atoms with Gasteiger partial charge in [-0.3, -0.25) is 0 Å². The minimum atomic E-state index is 0.327. The van der Waals surface area contributed by atoms with Crippen molar-refractivity contribution in [1.29, 1.82) is 0 Å². The van der Waals surface area contributed by atoms with E-state index in [9.17, 15) is 0 Å². The zero-order valence-corrected chi connectivity index (χ0v) is 12.5. The number of rotatable bonds is 2. The highest BCUT2D eigenvalue weighted by Gasteiger charge is 2.48. The van der Waals surface area contributed by atoms with Crippen LogP contribution in [-0.2, 0) is 4.74 Å². The zero-order chi connectivity index (χ0) is 13.3. The molecule has 0 aromatic carbocycles. The monoisotopic (exact) mass is 248 g/mol. The zero-order valence-electron chi connectivity index (χ0n) is 12.5. The lowest BCUT2D eigenvalue weighted by Gasteiger charge is -2.53. The van der Waals surface area contributed by atoms with Gasteiger partial charge in [0.15, 0.2) is 0 Å². The Morgan fingerprint density at radius 1 is 1.44 bits per heavy atom. The molecule has 0 aromatic rings. The molecule has 18 heavy (non-hydrogen) atoms. The van der Waals surface area contributed by atoms with E-state index in [1.54, 1.807) is 0 Å². The third kappa shape index (κ3) is 2.56. The van der Waals surface area contributed by atoms with Crippen LogP contribution in [0, 0.1) is 17.3 Å². The fourth-order valence-corrected chi connectivity index (χ4v) is 3.78. The molecule has 102 valence electrons. The van der Waals surface area contributed by atoms with Gasteiger partial charge in [0.05, 0.1) is 6.10 Å². The third-order valence-electron chi connectivity index (χ3n) is 5.04. The maximum absolute atomic E-state index is 5.97. The molecule has 0 heterocycles. The average Bonchev–Trinajstić information content (AvgIpc) is 2.34. The topological polar surface area (TPSA) is 9.23 Å². The molecule has 1 fully saturated rings. The quantitative estimate of drug-likeness (QED) is 0.641. The standard InChI is InChI=1S/C17H28O/c1-6-18-16-10-15-14(11-17(15,4)5)12(2)8-7-9-13(16)3/h9,14-16H,2,6-8,10-11H2,1,3-5H3/b13-9-. The van der Waals surface area contributed by atoms with Crippen molar-refractivity contribution in [3.05, 3.63) is 23.8 Å². The number of allylic oxidation sites excluding steroid dienone is 2. The highest BCUT2D eigenvalue weighted by molar-refractivity contribution is 5.18. The normalized spacial score (nSPS) is 38.6. The molecule has 0 spiro atoms. The molecule has 0 saturated heterocycles. The Kier molecular flexibility index (Phi) is 4.01. The van der Waals surface area contributed by atoms with E-state index in [0.717, 1.165) is 31.3 Å². The van der Waals surface area contributed by atoms with Gasteiger partial charge in [0, 0.05) is 6.61 Å². The molecule has 3 atom stereocenters. The van der Waals surface area contributed by atoms with Crippen molar-refractivity contribution in [2.75, 3.05) is 6.61 Å². The second kappa shape index (κ2) is 5.21. The molecule has 1 nitrogen and oxygen atoms in total. The Labute approximate surface area is 112 Å². The van der Waals surface area contributed by atoms with Gasteiger partial charge < -0.3 is 4.74 Å². The molecular formula is C17H28O. The lowest BCUT2D eigenvalue weighted by molar-refractivity contribution is -0.0356. The van der Waals surface area contributed by atoms with Gasteiger partial charge in [0.25, 0.3) is 0 Å². The maximum Gasteiger partial charge on any atom is 0.0785 e. The molecule has 2 aliphatic carbocycles. The van der Waals surface area contributed by atoms with Crippen LogP contribution in [0.1, 0.15) is 53.4 Å². The summed E-state index contributed by atoms with van der Waals surface area (Å²) in [7, 11) is 0. The largest absolute Gasteiger partial charge is 0.374 e. The highest BCUT2D eigenvalue weighted by atomic mass is 16.5. The molecule has 2 aliphatic rings. The second-order valence-electron chi connectivity index (χ2n) is 6.73. The summed E-state index contributed by atoms with van der Waals surface area (Å²) in [5, 5.41) is 0. The molecule has 2 rings (SSSR count). The SMILES string of the molecule is C=C1CC/C=C(/C)C(OCC)CC2C1CC2(C)C. The van der Waals surface area contributed by atoms with Gasteiger partial charge in [-0.2, -0.15) is 0 Å². The van der Waals surface area contributed by atoms with Crippen LogP contribution in [-0.4, -0.2) is 12.7 Å². The van der Waals surface area contributed by atoms with Crippen LogP contribution < -0.4 is 0 Å². The van der Waals surface area contributed by atoms with Crippen LogP contribution in [0.4, 0.5) is 0 Å². The van der Waals surface area contributed by atoms with E-state index in [1.807, 2.05) is 0 Å². The number of hydrogen-bond donors (Lipinski definition) is 0. The first-order valence-corrected chi connectivity index (χ1v) is 7.41. The van der Waals surface area contributed by atoms with E-state index in [4.69, 9.17) is 4.74 Å². The number of ether oxygens (including phenoxy) is 1. The Bertz CT molecular complexity index is 351. The van der Waals surface area contributed by atoms with Gasteiger partial charge in [-0.25, -0.2) is 0 Å². The van der Waals surface area contributed by atoms with E-state index in [2.05, 4.69) is 40.3 Å². The van der Waals surface area contributed by atoms with Gasteiger partial charge >= 0.3 is 0 Å². The van der Waals surface area contributed by atoms with Gasteiger partial charge in [0.2, 0.25) is 0 Å². The Morgan fingerprint density at radius 2 is 2.17 bits per heavy atom. The lowest BCUT2D eigenvalue weighted by atomic mass is 9.52. The number of fused-ring (bicyclic) bond motifs is 1. The first-order chi connectivity index (χ1) is 8.45. The molecule has 0 N–H and O–H groups in total. The Morgan fingerprint density at radius 3 is 2.78 bits per heavy atom. The molecule has 0 aliphatic heterocycles. The lowest BCUT2D eigenvalue weighted by Crippen LogP contribution is -2.46. The van der Waals surface area contributed by atoms with Crippen LogP contribution >= 0.6 is 0 Å². The van der Waals surface area contributed by atoms with Crippen molar-refractivity contribution >= 4 is 0 Å². The summed E-state index contributed by atoms with van der Waals surface area (Å²) in [5.74, 6) is 1.49. The maximum atomic E-state index is 5.97. The van der Waals surface area contributed by atoms with Crippen molar-refractivity contribution in [1.82, 2.24) is 0 Å². The summed E-state index contributed by atoms with van der Waals surface area (Å²) >= 11 is 0. The van der Waals surface area contributed by atoms with E-state index in [-0.39, 0.29) is 0 Å². The van der Waals surface area contributed by atoms with Crippen LogP contribution in [0.5, 0.6) is 0 Å². The molecule has 1 saturated carbocycles. The van der Waals surface area contributed by atoms with Gasteiger partial charge in [-0.05, 0) is 62.4 Å². The fraction of sp³-hybridized carbons (Fsp3) is 0.765. The molecular weight excluding hydrogens is 220 g/mol. The van der Waals surface area contributed by atoms with E-state index < -0.39 is 0 Å². The minimum Gasteiger partial charge on any atom is -0.374 e. The molecule has 3 unspecified atom stereocenters. The van der Waals surface area contributed by atoms with Crippen molar-refractivity contribution in [3.63, 3.8) is 0 Å². The van der Waals surface area contributed by atoms with Crippen molar-refractivity contribution in [2.45, 2.75) is 59.5 Å². The molecule has 0 radical (unpaired) electrons. The van der Waals surface area contributed by atoms with Gasteiger partial charge in [0.1, 0.15) is 0 Å². The summed E-state index contributed by atoms with van der Waals surface area (Å²) in [6.45, 7) is 14.3. The molecule has 0 aromatic heterocycles. The van der Waals surface area contributed by atoms with Crippen LogP contribution in [0.2, 0.25) is 0 Å².